The number of hydrogen-bond donors (Lipinski definition) is 0. The van der Waals surface area contributed by atoms with E-state index in [2.05, 4.69) is 19.9 Å². The Morgan fingerprint density at radius 2 is 1.84 bits per heavy atom. The maximum absolute atomic E-state index is 12.5. The van der Waals surface area contributed by atoms with Gasteiger partial charge in [0.15, 0.2) is 9.84 Å². The third kappa shape index (κ3) is 2.66. The average Bonchev–Trinajstić information content (AvgIpc) is 2.87. The SMILES string of the molecule is CC(C)c1ccc(S(=O)(=O)C2CCCC2C#N)cc1. The summed E-state index contributed by atoms with van der Waals surface area (Å²) in [5.74, 6) is 0.0323. The van der Waals surface area contributed by atoms with E-state index in [0.29, 0.717) is 23.7 Å². The van der Waals surface area contributed by atoms with Gasteiger partial charge in [0.2, 0.25) is 0 Å². The summed E-state index contributed by atoms with van der Waals surface area (Å²) in [6.45, 7) is 4.15. The molecule has 0 amide bonds. The molecule has 2 unspecified atom stereocenters. The average molecular weight is 277 g/mol. The zero-order valence-corrected chi connectivity index (χ0v) is 12.2. The molecule has 2 rings (SSSR count). The summed E-state index contributed by atoms with van der Waals surface area (Å²) in [6, 6.07) is 9.23. The molecule has 0 N–H and O–H groups in total. The van der Waals surface area contributed by atoms with Gasteiger partial charge in [-0.2, -0.15) is 5.26 Å². The van der Waals surface area contributed by atoms with E-state index >= 15 is 0 Å². The highest BCUT2D eigenvalue weighted by Crippen LogP contribution is 2.34. The zero-order valence-electron chi connectivity index (χ0n) is 11.3. The molecule has 0 heterocycles. The Bertz CT molecular complexity index is 582. The molecule has 3 nitrogen and oxygen atoms in total. The molecular weight excluding hydrogens is 258 g/mol. The normalized spacial score (nSPS) is 23.5. The second-order valence-corrected chi connectivity index (χ2v) is 7.64. The van der Waals surface area contributed by atoms with Gasteiger partial charge in [-0.1, -0.05) is 32.4 Å². The van der Waals surface area contributed by atoms with E-state index in [1.165, 1.54) is 0 Å². The van der Waals surface area contributed by atoms with Gasteiger partial charge in [0.1, 0.15) is 0 Å². The second-order valence-electron chi connectivity index (χ2n) is 5.47. The van der Waals surface area contributed by atoms with Crippen LogP contribution >= 0.6 is 0 Å². The fourth-order valence-corrected chi connectivity index (χ4v) is 4.63. The summed E-state index contributed by atoms with van der Waals surface area (Å²) in [7, 11) is -3.36. The largest absolute Gasteiger partial charge is 0.223 e. The molecule has 1 fully saturated rings. The van der Waals surface area contributed by atoms with E-state index in [-0.39, 0.29) is 5.92 Å². The van der Waals surface area contributed by atoms with Crippen molar-refractivity contribution in [3.8, 4) is 6.07 Å². The summed E-state index contributed by atoms with van der Waals surface area (Å²) in [4.78, 5) is 0.351. The maximum Gasteiger partial charge on any atom is 0.182 e. The summed E-state index contributed by atoms with van der Waals surface area (Å²) < 4.78 is 25.1. The molecule has 0 saturated heterocycles. The van der Waals surface area contributed by atoms with Crippen LogP contribution in [0.3, 0.4) is 0 Å². The molecule has 102 valence electrons. The van der Waals surface area contributed by atoms with Gasteiger partial charge in [-0.15, -0.1) is 0 Å². The smallest absolute Gasteiger partial charge is 0.182 e. The van der Waals surface area contributed by atoms with Gasteiger partial charge < -0.3 is 0 Å². The lowest BCUT2D eigenvalue weighted by molar-refractivity contribution is 0.565. The minimum atomic E-state index is -3.36. The van der Waals surface area contributed by atoms with Crippen molar-refractivity contribution in [3.05, 3.63) is 29.8 Å². The molecule has 1 saturated carbocycles. The molecule has 0 radical (unpaired) electrons. The van der Waals surface area contributed by atoms with Gasteiger partial charge in [-0.3, -0.25) is 0 Å². The summed E-state index contributed by atoms with van der Waals surface area (Å²) in [6.07, 6.45) is 2.13. The Labute approximate surface area is 115 Å². The highest BCUT2D eigenvalue weighted by atomic mass is 32.2. The van der Waals surface area contributed by atoms with Crippen LogP contribution in [0.25, 0.3) is 0 Å². The highest BCUT2D eigenvalue weighted by molar-refractivity contribution is 7.92. The first-order chi connectivity index (χ1) is 8.96. The van der Waals surface area contributed by atoms with Crippen molar-refractivity contribution in [2.45, 2.75) is 49.2 Å². The lowest BCUT2D eigenvalue weighted by Crippen LogP contribution is -2.24. The minimum absolute atomic E-state index is 0.351. The van der Waals surface area contributed by atoms with Crippen molar-refractivity contribution in [3.63, 3.8) is 0 Å². The van der Waals surface area contributed by atoms with Gasteiger partial charge in [0.25, 0.3) is 0 Å². The topological polar surface area (TPSA) is 57.9 Å². The van der Waals surface area contributed by atoms with Crippen LogP contribution in [-0.4, -0.2) is 13.7 Å². The third-order valence-corrected chi connectivity index (χ3v) is 6.18. The van der Waals surface area contributed by atoms with Gasteiger partial charge in [0.05, 0.1) is 22.1 Å². The molecule has 2 atom stereocenters. The van der Waals surface area contributed by atoms with Crippen molar-refractivity contribution in [1.29, 1.82) is 5.26 Å². The third-order valence-electron chi connectivity index (χ3n) is 3.89. The predicted molar refractivity (Wildman–Crippen MR) is 74.5 cm³/mol. The summed E-state index contributed by atoms with van der Waals surface area (Å²) >= 11 is 0. The molecule has 1 aromatic carbocycles. The van der Waals surface area contributed by atoms with Crippen molar-refractivity contribution < 1.29 is 8.42 Å². The van der Waals surface area contributed by atoms with Gasteiger partial charge in [-0.05, 0) is 36.5 Å². The maximum atomic E-state index is 12.5. The summed E-state index contributed by atoms with van der Waals surface area (Å²) in [5.41, 5.74) is 1.13. The standard InChI is InChI=1S/C15H19NO2S/c1-11(2)12-6-8-14(9-7-12)19(17,18)15-5-3-4-13(15)10-16/h6-9,11,13,15H,3-5H2,1-2H3. The molecule has 0 aliphatic heterocycles. The Kier molecular flexibility index (Phi) is 3.96. The lowest BCUT2D eigenvalue weighted by atomic mass is 10.0. The highest BCUT2D eigenvalue weighted by Gasteiger charge is 2.38. The Hall–Kier alpha value is -1.34. The summed E-state index contributed by atoms with van der Waals surface area (Å²) in [5, 5.41) is 8.52. The Balaban J connectivity index is 2.32. The van der Waals surface area contributed by atoms with Crippen LogP contribution < -0.4 is 0 Å². The van der Waals surface area contributed by atoms with Gasteiger partial charge in [0, 0.05) is 0 Å². The van der Waals surface area contributed by atoms with Crippen LogP contribution in [0.2, 0.25) is 0 Å². The lowest BCUT2D eigenvalue weighted by Gasteiger charge is -2.15. The van der Waals surface area contributed by atoms with Crippen molar-refractivity contribution in [2.24, 2.45) is 5.92 Å². The van der Waals surface area contributed by atoms with E-state index in [9.17, 15) is 8.42 Å². The fraction of sp³-hybridized carbons (Fsp3) is 0.533. The monoisotopic (exact) mass is 277 g/mol. The van der Waals surface area contributed by atoms with Crippen LogP contribution in [0.15, 0.2) is 29.2 Å². The number of benzene rings is 1. The minimum Gasteiger partial charge on any atom is -0.223 e. The van der Waals surface area contributed by atoms with Crippen LogP contribution in [0.5, 0.6) is 0 Å². The number of nitrogens with zero attached hydrogens (tertiary/aromatic N) is 1. The number of rotatable bonds is 3. The molecule has 0 aromatic heterocycles. The van der Waals surface area contributed by atoms with E-state index in [1.54, 1.807) is 12.1 Å². The molecular formula is C15H19NO2S. The molecule has 1 aromatic rings. The molecule has 0 bridgehead atoms. The first-order valence-electron chi connectivity index (χ1n) is 6.70. The number of hydrogen-bond acceptors (Lipinski definition) is 3. The zero-order chi connectivity index (χ0) is 14.0. The van der Waals surface area contributed by atoms with E-state index in [4.69, 9.17) is 5.26 Å². The molecule has 0 spiro atoms. The van der Waals surface area contributed by atoms with Crippen LogP contribution in [0.4, 0.5) is 0 Å². The van der Waals surface area contributed by atoms with Crippen molar-refractivity contribution >= 4 is 9.84 Å². The van der Waals surface area contributed by atoms with Crippen LogP contribution in [-0.2, 0) is 9.84 Å². The number of sulfone groups is 1. The van der Waals surface area contributed by atoms with Crippen molar-refractivity contribution in [1.82, 2.24) is 0 Å². The van der Waals surface area contributed by atoms with Crippen molar-refractivity contribution in [2.75, 3.05) is 0 Å². The Morgan fingerprint density at radius 1 is 1.21 bits per heavy atom. The molecule has 4 heteroatoms. The predicted octanol–water partition coefficient (Wildman–Crippen LogP) is 3.28. The van der Waals surface area contributed by atoms with Gasteiger partial charge >= 0.3 is 0 Å². The quantitative estimate of drug-likeness (QED) is 0.852. The molecule has 1 aliphatic carbocycles. The first kappa shape index (κ1) is 14.1. The van der Waals surface area contributed by atoms with Gasteiger partial charge in [-0.25, -0.2) is 8.42 Å². The van der Waals surface area contributed by atoms with Crippen LogP contribution in [0.1, 0.15) is 44.6 Å². The fourth-order valence-electron chi connectivity index (χ4n) is 2.66. The van der Waals surface area contributed by atoms with E-state index < -0.39 is 15.1 Å². The number of nitriles is 1. The van der Waals surface area contributed by atoms with E-state index in [1.807, 2.05) is 12.1 Å². The van der Waals surface area contributed by atoms with Crippen LogP contribution in [0, 0.1) is 17.2 Å². The first-order valence-corrected chi connectivity index (χ1v) is 8.25. The molecule has 19 heavy (non-hydrogen) atoms. The van der Waals surface area contributed by atoms with E-state index in [0.717, 1.165) is 12.0 Å². The Morgan fingerprint density at radius 3 is 2.37 bits per heavy atom. The molecule has 1 aliphatic rings. The second kappa shape index (κ2) is 5.34.